The summed E-state index contributed by atoms with van der Waals surface area (Å²) >= 11 is 0. The predicted octanol–water partition coefficient (Wildman–Crippen LogP) is 2.19. The molecule has 1 aliphatic heterocycles. The SMILES string of the molecule is Nc1cccc(Cc2ccc3c(c2)NC(=O)CO3)c1. The van der Waals surface area contributed by atoms with Gasteiger partial charge >= 0.3 is 0 Å². The van der Waals surface area contributed by atoms with Crippen LogP contribution >= 0.6 is 0 Å². The van der Waals surface area contributed by atoms with E-state index in [1.54, 1.807) is 0 Å². The summed E-state index contributed by atoms with van der Waals surface area (Å²) in [5.74, 6) is 0.601. The Kier molecular flexibility index (Phi) is 2.83. The van der Waals surface area contributed by atoms with Crippen molar-refractivity contribution < 1.29 is 9.53 Å². The van der Waals surface area contributed by atoms with E-state index in [9.17, 15) is 4.79 Å². The molecule has 0 bridgehead atoms. The molecule has 3 rings (SSSR count). The van der Waals surface area contributed by atoms with Gasteiger partial charge in [-0.1, -0.05) is 18.2 Å². The minimum Gasteiger partial charge on any atom is -0.482 e. The van der Waals surface area contributed by atoms with E-state index in [4.69, 9.17) is 10.5 Å². The summed E-state index contributed by atoms with van der Waals surface area (Å²) in [6.07, 6.45) is 0.772. The van der Waals surface area contributed by atoms with Crippen LogP contribution in [0.1, 0.15) is 11.1 Å². The van der Waals surface area contributed by atoms with Gasteiger partial charge in [-0.2, -0.15) is 0 Å². The molecule has 96 valence electrons. The van der Waals surface area contributed by atoms with Crippen molar-refractivity contribution in [1.82, 2.24) is 0 Å². The van der Waals surface area contributed by atoms with Gasteiger partial charge in [0.25, 0.3) is 5.91 Å². The molecule has 0 fully saturated rings. The lowest BCUT2D eigenvalue weighted by molar-refractivity contribution is -0.118. The van der Waals surface area contributed by atoms with E-state index in [-0.39, 0.29) is 12.5 Å². The van der Waals surface area contributed by atoms with Crippen LogP contribution in [0, 0.1) is 0 Å². The number of ether oxygens (including phenoxy) is 1. The van der Waals surface area contributed by atoms with Gasteiger partial charge in [-0.15, -0.1) is 0 Å². The van der Waals surface area contributed by atoms with Crippen LogP contribution in [-0.4, -0.2) is 12.5 Å². The average molecular weight is 254 g/mol. The van der Waals surface area contributed by atoms with Crippen molar-refractivity contribution in [2.75, 3.05) is 17.7 Å². The number of anilines is 2. The van der Waals surface area contributed by atoms with Crippen molar-refractivity contribution in [3.05, 3.63) is 53.6 Å². The lowest BCUT2D eigenvalue weighted by atomic mass is 10.0. The maximum absolute atomic E-state index is 11.3. The van der Waals surface area contributed by atoms with E-state index in [2.05, 4.69) is 5.32 Å². The summed E-state index contributed by atoms with van der Waals surface area (Å²) in [6, 6.07) is 13.6. The first kappa shape index (κ1) is 11.6. The minimum atomic E-state index is -0.117. The molecule has 0 spiro atoms. The third-order valence-electron chi connectivity index (χ3n) is 3.04. The van der Waals surface area contributed by atoms with Gasteiger partial charge in [0.15, 0.2) is 6.61 Å². The standard InChI is InChI=1S/C15H14N2O2/c16-12-3-1-2-10(7-12)6-11-4-5-14-13(8-11)17-15(18)9-19-14/h1-5,7-8H,6,9,16H2,(H,17,18). The first-order chi connectivity index (χ1) is 9.20. The maximum atomic E-state index is 11.3. The minimum absolute atomic E-state index is 0.0849. The molecule has 0 unspecified atom stereocenters. The number of carbonyl (C=O) groups is 1. The van der Waals surface area contributed by atoms with E-state index in [0.717, 1.165) is 34.7 Å². The zero-order valence-electron chi connectivity index (χ0n) is 10.3. The molecule has 0 saturated carbocycles. The maximum Gasteiger partial charge on any atom is 0.262 e. The Bertz CT molecular complexity index is 638. The number of hydrogen-bond donors (Lipinski definition) is 2. The Labute approximate surface area is 111 Å². The van der Waals surface area contributed by atoms with Crippen LogP contribution in [0.3, 0.4) is 0 Å². The van der Waals surface area contributed by atoms with Gasteiger partial charge < -0.3 is 15.8 Å². The second kappa shape index (κ2) is 4.65. The highest BCUT2D eigenvalue weighted by atomic mass is 16.5. The molecule has 4 heteroatoms. The second-order valence-electron chi connectivity index (χ2n) is 4.59. The van der Waals surface area contributed by atoms with Crippen LogP contribution in [0.25, 0.3) is 0 Å². The summed E-state index contributed by atoms with van der Waals surface area (Å²) < 4.78 is 5.33. The topological polar surface area (TPSA) is 64.3 Å². The molecule has 1 amide bonds. The normalized spacial score (nSPS) is 13.4. The van der Waals surface area contributed by atoms with Crippen molar-refractivity contribution in [1.29, 1.82) is 0 Å². The first-order valence-electron chi connectivity index (χ1n) is 6.11. The quantitative estimate of drug-likeness (QED) is 0.807. The van der Waals surface area contributed by atoms with E-state index in [0.29, 0.717) is 0 Å². The van der Waals surface area contributed by atoms with Gasteiger partial charge in [0.2, 0.25) is 0 Å². The fourth-order valence-electron chi connectivity index (χ4n) is 2.18. The van der Waals surface area contributed by atoms with Crippen molar-refractivity contribution in [3.8, 4) is 5.75 Å². The average Bonchev–Trinajstić information content (AvgIpc) is 2.38. The second-order valence-corrected chi connectivity index (χ2v) is 4.59. The molecule has 0 aliphatic carbocycles. The first-order valence-corrected chi connectivity index (χ1v) is 6.11. The van der Waals surface area contributed by atoms with Crippen molar-refractivity contribution in [3.63, 3.8) is 0 Å². The monoisotopic (exact) mass is 254 g/mol. The highest BCUT2D eigenvalue weighted by Gasteiger charge is 2.15. The van der Waals surface area contributed by atoms with Gasteiger partial charge in [-0.3, -0.25) is 4.79 Å². The third-order valence-corrected chi connectivity index (χ3v) is 3.04. The highest BCUT2D eigenvalue weighted by molar-refractivity contribution is 5.95. The molecular weight excluding hydrogens is 240 g/mol. The molecule has 1 heterocycles. The summed E-state index contributed by atoms with van der Waals surface area (Å²) in [4.78, 5) is 11.3. The number of benzene rings is 2. The van der Waals surface area contributed by atoms with Crippen LogP contribution < -0.4 is 15.8 Å². The molecule has 4 nitrogen and oxygen atoms in total. The molecule has 2 aromatic rings. The molecule has 0 radical (unpaired) electrons. The van der Waals surface area contributed by atoms with E-state index >= 15 is 0 Å². The Morgan fingerprint density at radius 3 is 2.84 bits per heavy atom. The highest BCUT2D eigenvalue weighted by Crippen LogP contribution is 2.29. The number of nitrogens with one attached hydrogen (secondary N) is 1. The van der Waals surface area contributed by atoms with Crippen molar-refractivity contribution in [2.24, 2.45) is 0 Å². The number of fused-ring (bicyclic) bond motifs is 1. The van der Waals surface area contributed by atoms with Crippen LogP contribution in [0.15, 0.2) is 42.5 Å². The van der Waals surface area contributed by atoms with Gasteiger partial charge in [0.1, 0.15) is 5.75 Å². The predicted molar refractivity (Wildman–Crippen MR) is 74.2 cm³/mol. The number of nitrogens with two attached hydrogens (primary N) is 1. The molecule has 0 atom stereocenters. The van der Waals surface area contributed by atoms with E-state index in [1.807, 2.05) is 42.5 Å². The number of hydrogen-bond acceptors (Lipinski definition) is 3. The Balaban J connectivity index is 1.86. The van der Waals surface area contributed by atoms with Crippen LogP contribution in [0.2, 0.25) is 0 Å². The Morgan fingerprint density at radius 2 is 2.00 bits per heavy atom. The smallest absolute Gasteiger partial charge is 0.262 e. The molecule has 0 aromatic heterocycles. The summed E-state index contributed by atoms with van der Waals surface area (Å²) in [7, 11) is 0. The molecule has 19 heavy (non-hydrogen) atoms. The van der Waals surface area contributed by atoms with Gasteiger partial charge in [-0.25, -0.2) is 0 Å². The van der Waals surface area contributed by atoms with Gasteiger partial charge in [0.05, 0.1) is 5.69 Å². The number of rotatable bonds is 2. The molecule has 0 saturated heterocycles. The fraction of sp³-hybridized carbons (Fsp3) is 0.133. The Morgan fingerprint density at radius 1 is 1.16 bits per heavy atom. The van der Waals surface area contributed by atoms with Crippen LogP contribution in [-0.2, 0) is 11.2 Å². The van der Waals surface area contributed by atoms with Crippen molar-refractivity contribution >= 4 is 17.3 Å². The van der Waals surface area contributed by atoms with Gasteiger partial charge in [0, 0.05) is 5.69 Å². The Hall–Kier alpha value is -2.49. The molecular formula is C15H14N2O2. The molecule has 2 aromatic carbocycles. The zero-order chi connectivity index (χ0) is 13.2. The number of amides is 1. The zero-order valence-corrected chi connectivity index (χ0v) is 10.3. The number of carbonyl (C=O) groups excluding carboxylic acids is 1. The molecule has 1 aliphatic rings. The lowest BCUT2D eigenvalue weighted by Gasteiger charge is -2.18. The van der Waals surface area contributed by atoms with E-state index < -0.39 is 0 Å². The fourth-order valence-corrected chi connectivity index (χ4v) is 2.18. The lowest BCUT2D eigenvalue weighted by Crippen LogP contribution is -2.25. The summed E-state index contributed by atoms with van der Waals surface area (Å²) in [5, 5.41) is 2.81. The van der Waals surface area contributed by atoms with Crippen molar-refractivity contribution in [2.45, 2.75) is 6.42 Å². The molecule has 3 N–H and O–H groups in total. The third kappa shape index (κ3) is 2.52. The van der Waals surface area contributed by atoms with Crippen LogP contribution in [0.4, 0.5) is 11.4 Å². The van der Waals surface area contributed by atoms with Crippen LogP contribution in [0.5, 0.6) is 5.75 Å². The largest absolute Gasteiger partial charge is 0.482 e. The summed E-state index contributed by atoms with van der Waals surface area (Å²) in [6.45, 7) is 0.0849. The van der Waals surface area contributed by atoms with E-state index in [1.165, 1.54) is 0 Å². The van der Waals surface area contributed by atoms with Gasteiger partial charge in [-0.05, 0) is 41.8 Å². The summed E-state index contributed by atoms with van der Waals surface area (Å²) in [5.41, 5.74) is 9.50. The number of nitrogen functional groups attached to an aromatic ring is 1.